The molecule has 0 spiro atoms. The van der Waals surface area contributed by atoms with Gasteiger partial charge in [0.1, 0.15) is 17.8 Å². The highest BCUT2D eigenvalue weighted by Crippen LogP contribution is 2.27. The van der Waals surface area contributed by atoms with Crippen molar-refractivity contribution in [2.75, 3.05) is 52.3 Å². The van der Waals surface area contributed by atoms with E-state index in [4.69, 9.17) is 9.47 Å². The van der Waals surface area contributed by atoms with Crippen LogP contribution in [0.1, 0.15) is 23.0 Å². The first-order valence-corrected chi connectivity index (χ1v) is 9.43. The Labute approximate surface area is 165 Å². The van der Waals surface area contributed by atoms with Crippen molar-refractivity contribution in [1.82, 2.24) is 19.8 Å². The zero-order chi connectivity index (χ0) is 19.9. The maximum atomic E-state index is 12.7. The third-order valence-electron chi connectivity index (χ3n) is 4.91. The molecule has 1 amide bonds. The lowest BCUT2D eigenvalue weighted by atomic mass is 10.2. The summed E-state index contributed by atoms with van der Waals surface area (Å²) in [6.45, 7) is 6.95. The van der Waals surface area contributed by atoms with Gasteiger partial charge < -0.3 is 24.6 Å². The molecule has 1 aliphatic heterocycles. The van der Waals surface area contributed by atoms with Crippen molar-refractivity contribution in [2.24, 2.45) is 0 Å². The molecule has 0 radical (unpaired) electrons. The average molecular weight is 385 g/mol. The van der Waals surface area contributed by atoms with Crippen LogP contribution in [-0.2, 0) is 6.54 Å². The summed E-state index contributed by atoms with van der Waals surface area (Å²) < 4.78 is 10.6. The van der Waals surface area contributed by atoms with Crippen LogP contribution in [0, 0.1) is 0 Å². The Kier molecular flexibility index (Phi) is 6.65. The molecule has 8 heteroatoms. The molecular formula is C20H27N5O3. The number of hydrogen-bond acceptors (Lipinski definition) is 7. The fourth-order valence-electron chi connectivity index (χ4n) is 3.18. The lowest BCUT2D eigenvalue weighted by molar-refractivity contribution is 0.0637. The van der Waals surface area contributed by atoms with Gasteiger partial charge in [-0.3, -0.25) is 4.79 Å². The van der Waals surface area contributed by atoms with Crippen molar-refractivity contribution in [3.63, 3.8) is 0 Å². The molecule has 2 heterocycles. The summed E-state index contributed by atoms with van der Waals surface area (Å²) >= 11 is 0. The fraction of sp³-hybridized carbons (Fsp3) is 0.450. The van der Waals surface area contributed by atoms with Crippen LogP contribution in [0.3, 0.4) is 0 Å². The Morgan fingerprint density at radius 3 is 2.50 bits per heavy atom. The molecule has 1 fully saturated rings. The second-order valence-electron chi connectivity index (χ2n) is 6.56. The van der Waals surface area contributed by atoms with Gasteiger partial charge in [0.05, 0.1) is 14.2 Å². The average Bonchev–Trinajstić information content (AvgIpc) is 2.77. The lowest BCUT2D eigenvalue weighted by Gasteiger charge is -2.33. The number of piperazine rings is 1. The standard InChI is InChI=1S/C20H27N5O3/c1-4-24-7-9-25(10-8-24)20(26)16-12-19(23-14-22-16)21-13-15-5-6-17(27-2)18(11-15)28-3/h5-6,11-12,14H,4,7-10,13H2,1-3H3,(H,21,22,23). The predicted molar refractivity (Wildman–Crippen MR) is 107 cm³/mol. The fourth-order valence-corrected chi connectivity index (χ4v) is 3.18. The number of anilines is 1. The number of benzene rings is 1. The first-order valence-electron chi connectivity index (χ1n) is 9.43. The highest BCUT2D eigenvalue weighted by atomic mass is 16.5. The molecule has 150 valence electrons. The van der Waals surface area contributed by atoms with E-state index in [9.17, 15) is 4.79 Å². The summed E-state index contributed by atoms with van der Waals surface area (Å²) in [5.74, 6) is 1.92. The summed E-state index contributed by atoms with van der Waals surface area (Å²) in [7, 11) is 3.22. The van der Waals surface area contributed by atoms with Crippen LogP contribution in [0.2, 0.25) is 0 Å². The summed E-state index contributed by atoms with van der Waals surface area (Å²) in [6.07, 6.45) is 1.42. The third-order valence-corrected chi connectivity index (χ3v) is 4.91. The number of hydrogen-bond donors (Lipinski definition) is 1. The number of nitrogens with one attached hydrogen (secondary N) is 1. The van der Waals surface area contributed by atoms with E-state index in [2.05, 4.69) is 27.1 Å². The SMILES string of the molecule is CCN1CCN(C(=O)c2cc(NCc3ccc(OC)c(OC)c3)ncn2)CC1. The maximum absolute atomic E-state index is 12.7. The van der Waals surface area contributed by atoms with E-state index in [0.717, 1.165) is 38.3 Å². The molecule has 1 aliphatic rings. The van der Waals surface area contributed by atoms with Crippen LogP contribution in [0.5, 0.6) is 11.5 Å². The minimum atomic E-state index is -0.0488. The second kappa shape index (κ2) is 9.36. The molecule has 3 rings (SSSR count). The Balaban J connectivity index is 1.63. The van der Waals surface area contributed by atoms with E-state index in [1.807, 2.05) is 23.1 Å². The van der Waals surface area contributed by atoms with Crippen molar-refractivity contribution in [3.8, 4) is 11.5 Å². The van der Waals surface area contributed by atoms with E-state index in [-0.39, 0.29) is 5.91 Å². The summed E-state index contributed by atoms with van der Waals surface area (Å²) in [6, 6.07) is 7.43. The van der Waals surface area contributed by atoms with Gasteiger partial charge in [0.15, 0.2) is 11.5 Å². The van der Waals surface area contributed by atoms with Gasteiger partial charge in [0.2, 0.25) is 0 Å². The van der Waals surface area contributed by atoms with E-state index >= 15 is 0 Å². The smallest absolute Gasteiger partial charge is 0.272 e. The van der Waals surface area contributed by atoms with Gasteiger partial charge in [-0.15, -0.1) is 0 Å². The van der Waals surface area contributed by atoms with Crippen molar-refractivity contribution in [2.45, 2.75) is 13.5 Å². The number of rotatable bonds is 7. The van der Waals surface area contributed by atoms with Crippen molar-refractivity contribution in [3.05, 3.63) is 41.9 Å². The van der Waals surface area contributed by atoms with Gasteiger partial charge in [-0.05, 0) is 24.2 Å². The maximum Gasteiger partial charge on any atom is 0.272 e. The van der Waals surface area contributed by atoms with Crippen molar-refractivity contribution < 1.29 is 14.3 Å². The van der Waals surface area contributed by atoms with Crippen molar-refractivity contribution in [1.29, 1.82) is 0 Å². The molecule has 0 unspecified atom stereocenters. The van der Waals surface area contributed by atoms with Gasteiger partial charge in [-0.1, -0.05) is 13.0 Å². The van der Waals surface area contributed by atoms with E-state index in [1.54, 1.807) is 20.3 Å². The Bertz CT molecular complexity index is 806. The number of methoxy groups -OCH3 is 2. The number of amides is 1. The summed E-state index contributed by atoms with van der Waals surface area (Å²) in [4.78, 5) is 25.3. The molecule has 1 aromatic heterocycles. The zero-order valence-corrected chi connectivity index (χ0v) is 16.6. The summed E-state index contributed by atoms with van der Waals surface area (Å²) in [5, 5.41) is 3.24. The number of ether oxygens (including phenoxy) is 2. The number of likely N-dealkylation sites (N-methyl/N-ethyl adjacent to an activating group) is 1. The molecule has 0 aliphatic carbocycles. The van der Waals surface area contributed by atoms with Gasteiger partial charge in [0, 0.05) is 38.8 Å². The molecular weight excluding hydrogens is 358 g/mol. The number of carbonyl (C=O) groups excluding carboxylic acids is 1. The molecule has 0 atom stereocenters. The predicted octanol–water partition coefficient (Wildman–Crippen LogP) is 1.88. The first kappa shape index (κ1) is 19.9. The van der Waals surface area contributed by atoms with Crippen LogP contribution in [0.4, 0.5) is 5.82 Å². The van der Waals surface area contributed by atoms with Crippen molar-refractivity contribution >= 4 is 11.7 Å². The molecule has 1 saturated heterocycles. The number of nitrogens with zero attached hydrogens (tertiary/aromatic N) is 4. The lowest BCUT2D eigenvalue weighted by Crippen LogP contribution is -2.48. The van der Waals surface area contributed by atoms with Crippen LogP contribution in [-0.4, -0.2) is 72.6 Å². The highest BCUT2D eigenvalue weighted by Gasteiger charge is 2.22. The van der Waals surface area contributed by atoms with Gasteiger partial charge in [-0.2, -0.15) is 0 Å². The van der Waals surface area contributed by atoms with Crippen LogP contribution < -0.4 is 14.8 Å². The Morgan fingerprint density at radius 2 is 1.82 bits per heavy atom. The Morgan fingerprint density at radius 1 is 1.07 bits per heavy atom. The molecule has 8 nitrogen and oxygen atoms in total. The largest absolute Gasteiger partial charge is 0.493 e. The number of aromatic nitrogens is 2. The third kappa shape index (κ3) is 4.69. The quantitative estimate of drug-likeness (QED) is 0.779. The molecule has 28 heavy (non-hydrogen) atoms. The minimum Gasteiger partial charge on any atom is -0.493 e. The second-order valence-corrected chi connectivity index (χ2v) is 6.56. The highest BCUT2D eigenvalue weighted by molar-refractivity contribution is 5.93. The molecule has 1 N–H and O–H groups in total. The summed E-state index contributed by atoms with van der Waals surface area (Å²) in [5.41, 5.74) is 1.43. The molecule has 0 saturated carbocycles. The molecule has 0 bridgehead atoms. The number of carbonyl (C=O) groups is 1. The topological polar surface area (TPSA) is 79.8 Å². The minimum absolute atomic E-state index is 0.0488. The normalized spacial score (nSPS) is 14.6. The van der Waals surface area contributed by atoms with Gasteiger partial charge in [-0.25, -0.2) is 9.97 Å². The van der Waals surface area contributed by atoms with E-state index in [0.29, 0.717) is 29.6 Å². The van der Waals surface area contributed by atoms with Gasteiger partial charge in [0.25, 0.3) is 5.91 Å². The Hall–Kier alpha value is -2.87. The molecule has 2 aromatic rings. The van der Waals surface area contributed by atoms with E-state index in [1.165, 1.54) is 6.33 Å². The van der Waals surface area contributed by atoms with Crippen LogP contribution >= 0.6 is 0 Å². The van der Waals surface area contributed by atoms with Crippen LogP contribution in [0.15, 0.2) is 30.6 Å². The van der Waals surface area contributed by atoms with E-state index < -0.39 is 0 Å². The molecule has 1 aromatic carbocycles. The van der Waals surface area contributed by atoms with Crippen LogP contribution in [0.25, 0.3) is 0 Å². The monoisotopic (exact) mass is 385 g/mol. The zero-order valence-electron chi connectivity index (χ0n) is 16.6. The van der Waals surface area contributed by atoms with Gasteiger partial charge >= 0.3 is 0 Å². The first-order chi connectivity index (χ1) is 13.6.